The lowest BCUT2D eigenvalue weighted by Gasteiger charge is -2.12. The fourth-order valence-corrected chi connectivity index (χ4v) is 3.03. The van der Waals surface area contributed by atoms with Gasteiger partial charge < -0.3 is 9.30 Å². The zero-order valence-corrected chi connectivity index (χ0v) is 13.7. The number of hydrogen-bond donors (Lipinski definition) is 1. The smallest absolute Gasteiger partial charge is 0.329 e. The minimum Gasteiger partial charge on any atom is -0.465 e. The molecule has 0 bridgehead atoms. The second-order valence-electron chi connectivity index (χ2n) is 4.71. The van der Waals surface area contributed by atoms with Crippen LogP contribution in [0.15, 0.2) is 14.7 Å². The highest BCUT2D eigenvalue weighted by atomic mass is 32.2. The molecule has 2 aromatic heterocycles. The molecule has 0 unspecified atom stereocenters. The van der Waals surface area contributed by atoms with Crippen molar-refractivity contribution in [3.05, 3.63) is 20.8 Å². The van der Waals surface area contributed by atoms with Gasteiger partial charge in [-0.05, 0) is 13.3 Å². The summed E-state index contributed by atoms with van der Waals surface area (Å²) >= 11 is 1.22. The summed E-state index contributed by atoms with van der Waals surface area (Å²) in [7, 11) is 3.21. The number of rotatable bonds is 5. The van der Waals surface area contributed by atoms with Crippen LogP contribution in [0.5, 0.6) is 0 Å². The Morgan fingerprint density at radius 1 is 1.32 bits per heavy atom. The predicted octanol–water partition coefficient (Wildman–Crippen LogP) is 0.394. The summed E-state index contributed by atoms with van der Waals surface area (Å²) in [6.07, 6.45) is 0.571. The highest BCUT2D eigenvalue weighted by Gasteiger charge is 2.23. The first kappa shape index (κ1) is 16.3. The number of ether oxygens (including phenoxy) is 1. The number of imidazole rings is 1. The number of nitrogens with one attached hydrogen (secondary N) is 1. The molecule has 1 N–H and O–H groups in total. The van der Waals surface area contributed by atoms with Crippen LogP contribution in [0.1, 0.15) is 20.3 Å². The van der Waals surface area contributed by atoms with Gasteiger partial charge in [-0.15, -0.1) is 0 Å². The average Bonchev–Trinajstić information content (AvgIpc) is 2.80. The van der Waals surface area contributed by atoms with E-state index >= 15 is 0 Å². The van der Waals surface area contributed by atoms with Crippen LogP contribution in [0, 0.1) is 0 Å². The summed E-state index contributed by atoms with van der Waals surface area (Å²) < 4.78 is 7.88. The monoisotopic (exact) mass is 326 g/mol. The number of hydrogen-bond acceptors (Lipinski definition) is 6. The van der Waals surface area contributed by atoms with Gasteiger partial charge in [-0.3, -0.25) is 19.1 Å². The molecule has 2 aromatic rings. The van der Waals surface area contributed by atoms with Crippen LogP contribution in [0.4, 0.5) is 0 Å². The van der Waals surface area contributed by atoms with Crippen molar-refractivity contribution in [3.8, 4) is 0 Å². The SMILES string of the molecule is CCOC(=O)[C@H](CC)Sc1nc2c(c(=O)[nH]c(=O)n2C)n1C. The summed E-state index contributed by atoms with van der Waals surface area (Å²) in [4.78, 5) is 42.0. The Balaban J connectivity index is 2.49. The van der Waals surface area contributed by atoms with Gasteiger partial charge in [0.15, 0.2) is 16.3 Å². The first-order valence-electron chi connectivity index (χ1n) is 6.89. The molecule has 0 spiro atoms. The minimum absolute atomic E-state index is 0.289. The van der Waals surface area contributed by atoms with Gasteiger partial charge in [-0.2, -0.15) is 0 Å². The maximum atomic E-state index is 11.9. The molecule has 0 aliphatic carbocycles. The molecular formula is C13H18N4O4S. The molecule has 2 rings (SSSR count). The van der Waals surface area contributed by atoms with Gasteiger partial charge in [0.2, 0.25) is 0 Å². The lowest BCUT2D eigenvalue weighted by atomic mass is 10.3. The van der Waals surface area contributed by atoms with Crippen LogP contribution >= 0.6 is 11.8 Å². The zero-order valence-electron chi connectivity index (χ0n) is 12.9. The van der Waals surface area contributed by atoms with Gasteiger partial charge in [0.25, 0.3) is 5.56 Å². The van der Waals surface area contributed by atoms with Gasteiger partial charge in [-0.1, -0.05) is 18.7 Å². The fraction of sp³-hybridized carbons (Fsp3) is 0.538. The number of nitrogens with zero attached hydrogens (tertiary/aromatic N) is 3. The van der Waals surface area contributed by atoms with Crippen LogP contribution in [-0.4, -0.2) is 36.9 Å². The summed E-state index contributed by atoms with van der Waals surface area (Å²) in [5, 5.41) is 0.0770. The Hall–Kier alpha value is -2.03. The van der Waals surface area contributed by atoms with Crippen molar-refractivity contribution in [2.75, 3.05) is 6.61 Å². The van der Waals surface area contributed by atoms with E-state index < -0.39 is 16.5 Å². The Labute approximate surface area is 130 Å². The van der Waals surface area contributed by atoms with Crippen LogP contribution in [0.3, 0.4) is 0 Å². The van der Waals surface area contributed by atoms with E-state index in [9.17, 15) is 14.4 Å². The molecule has 0 fully saturated rings. The fourth-order valence-electron chi connectivity index (χ4n) is 2.05. The van der Waals surface area contributed by atoms with E-state index in [1.807, 2.05) is 6.92 Å². The summed E-state index contributed by atoms with van der Waals surface area (Å²) in [6.45, 7) is 3.94. The molecule has 0 aliphatic rings. The second kappa shape index (κ2) is 6.39. The van der Waals surface area contributed by atoms with Crippen LogP contribution < -0.4 is 11.2 Å². The van der Waals surface area contributed by atoms with Crippen LogP contribution in [-0.2, 0) is 23.6 Å². The summed E-state index contributed by atoms with van der Waals surface area (Å²) in [5.41, 5.74) is -0.436. The number of esters is 1. The second-order valence-corrected chi connectivity index (χ2v) is 5.88. The number of carbonyl (C=O) groups excluding carboxylic acids is 1. The number of thioether (sulfide) groups is 1. The highest BCUT2D eigenvalue weighted by molar-refractivity contribution is 8.00. The predicted molar refractivity (Wildman–Crippen MR) is 83.1 cm³/mol. The first-order chi connectivity index (χ1) is 10.4. The number of carbonyl (C=O) groups is 1. The Bertz CT molecular complexity index is 820. The van der Waals surface area contributed by atoms with E-state index in [1.54, 1.807) is 18.5 Å². The van der Waals surface area contributed by atoms with E-state index in [-0.39, 0.29) is 11.6 Å². The lowest BCUT2D eigenvalue weighted by Crippen LogP contribution is -2.29. The molecule has 8 nitrogen and oxygen atoms in total. The number of fused-ring (bicyclic) bond motifs is 1. The third-order valence-electron chi connectivity index (χ3n) is 3.26. The van der Waals surface area contributed by atoms with E-state index in [0.717, 1.165) is 0 Å². The van der Waals surface area contributed by atoms with E-state index in [1.165, 1.54) is 23.4 Å². The van der Waals surface area contributed by atoms with Gasteiger partial charge in [0.1, 0.15) is 5.25 Å². The number of aromatic amines is 1. The Kier molecular flexibility index (Phi) is 4.74. The van der Waals surface area contributed by atoms with Gasteiger partial charge in [0.05, 0.1) is 6.61 Å². The van der Waals surface area contributed by atoms with Crippen molar-refractivity contribution < 1.29 is 9.53 Å². The number of aromatic nitrogens is 4. The van der Waals surface area contributed by atoms with Gasteiger partial charge in [0, 0.05) is 14.1 Å². The quantitative estimate of drug-likeness (QED) is 0.630. The molecule has 2 heterocycles. The molecule has 0 saturated carbocycles. The molecule has 1 atom stereocenters. The summed E-state index contributed by atoms with van der Waals surface area (Å²) in [5.74, 6) is -0.315. The third-order valence-corrected chi connectivity index (χ3v) is 4.65. The van der Waals surface area contributed by atoms with Crippen molar-refractivity contribution in [3.63, 3.8) is 0 Å². The van der Waals surface area contributed by atoms with Crippen molar-refractivity contribution in [1.29, 1.82) is 0 Å². The highest BCUT2D eigenvalue weighted by Crippen LogP contribution is 2.27. The largest absolute Gasteiger partial charge is 0.465 e. The first-order valence-corrected chi connectivity index (χ1v) is 7.77. The van der Waals surface area contributed by atoms with E-state index in [2.05, 4.69) is 9.97 Å². The molecule has 120 valence electrons. The average molecular weight is 326 g/mol. The Morgan fingerprint density at radius 2 is 2.00 bits per heavy atom. The topological polar surface area (TPSA) is 99.0 Å². The maximum absolute atomic E-state index is 11.9. The lowest BCUT2D eigenvalue weighted by molar-refractivity contribution is -0.142. The van der Waals surface area contributed by atoms with Crippen molar-refractivity contribution in [1.82, 2.24) is 19.1 Å². The Morgan fingerprint density at radius 3 is 2.59 bits per heavy atom. The molecule has 0 saturated heterocycles. The molecule has 22 heavy (non-hydrogen) atoms. The molecule has 0 aliphatic heterocycles. The molecular weight excluding hydrogens is 308 g/mol. The van der Waals surface area contributed by atoms with Gasteiger partial charge in [-0.25, -0.2) is 9.78 Å². The zero-order chi connectivity index (χ0) is 16.4. The number of aryl methyl sites for hydroxylation is 2. The normalized spacial score (nSPS) is 12.5. The standard InChI is InChI=1S/C13H18N4O4S/c1-5-7(11(19)21-6-2)22-13-14-9-8(16(13)3)10(18)15-12(20)17(9)4/h7H,5-6H2,1-4H3,(H,15,18,20)/t7-/m0/s1. The molecule has 0 aromatic carbocycles. The van der Waals surface area contributed by atoms with E-state index in [0.29, 0.717) is 23.7 Å². The van der Waals surface area contributed by atoms with Crippen LogP contribution in [0.2, 0.25) is 0 Å². The minimum atomic E-state index is -0.524. The van der Waals surface area contributed by atoms with E-state index in [4.69, 9.17) is 4.74 Å². The molecule has 9 heteroatoms. The summed E-state index contributed by atoms with van der Waals surface area (Å²) in [6, 6.07) is 0. The van der Waals surface area contributed by atoms with Crippen LogP contribution in [0.25, 0.3) is 11.2 Å². The van der Waals surface area contributed by atoms with Crippen molar-refractivity contribution >= 4 is 28.9 Å². The molecule has 0 amide bonds. The molecule has 0 radical (unpaired) electrons. The van der Waals surface area contributed by atoms with Gasteiger partial charge >= 0.3 is 11.7 Å². The number of H-pyrrole nitrogens is 1. The van der Waals surface area contributed by atoms with Crippen molar-refractivity contribution in [2.45, 2.75) is 30.7 Å². The van der Waals surface area contributed by atoms with Crippen molar-refractivity contribution in [2.24, 2.45) is 14.1 Å². The maximum Gasteiger partial charge on any atom is 0.329 e. The third kappa shape index (κ3) is 2.80.